The van der Waals surface area contributed by atoms with Crippen molar-refractivity contribution >= 4 is 5.69 Å². The smallest absolute Gasteiger partial charge is 0.123 e. The van der Waals surface area contributed by atoms with Crippen molar-refractivity contribution in [3.63, 3.8) is 0 Å². The van der Waals surface area contributed by atoms with E-state index in [0.717, 1.165) is 44.2 Å². The number of nitrogens with zero attached hydrogens (tertiary/aromatic N) is 2. The highest BCUT2D eigenvalue weighted by molar-refractivity contribution is 5.46. The maximum absolute atomic E-state index is 13.0. The zero-order chi connectivity index (χ0) is 14.7. The average molecular weight is 289 g/mol. The van der Waals surface area contributed by atoms with Crippen LogP contribution in [0.3, 0.4) is 0 Å². The maximum atomic E-state index is 13.0. The van der Waals surface area contributed by atoms with Crippen molar-refractivity contribution in [3.8, 4) is 0 Å². The van der Waals surface area contributed by atoms with Crippen LogP contribution in [0.5, 0.6) is 0 Å². The van der Waals surface area contributed by atoms with E-state index >= 15 is 0 Å². The molecule has 0 bridgehead atoms. The molecule has 2 heterocycles. The van der Waals surface area contributed by atoms with Gasteiger partial charge >= 0.3 is 0 Å². The highest BCUT2D eigenvalue weighted by atomic mass is 19.1. The van der Waals surface area contributed by atoms with Crippen LogP contribution in [-0.4, -0.2) is 31.1 Å². The van der Waals surface area contributed by atoms with Crippen LogP contribution in [0.1, 0.15) is 11.3 Å². The summed E-state index contributed by atoms with van der Waals surface area (Å²) in [6.45, 7) is 5.17. The SMILES string of the molecule is NCc1occc1CN1CCN(c2ccc(F)cc2)CC1. The molecule has 0 saturated carbocycles. The minimum absolute atomic E-state index is 0.188. The summed E-state index contributed by atoms with van der Waals surface area (Å²) in [5.74, 6) is 0.683. The quantitative estimate of drug-likeness (QED) is 0.937. The molecule has 5 heteroatoms. The highest BCUT2D eigenvalue weighted by Crippen LogP contribution is 2.19. The van der Waals surface area contributed by atoms with Crippen LogP contribution in [0.25, 0.3) is 0 Å². The van der Waals surface area contributed by atoms with E-state index in [4.69, 9.17) is 10.2 Å². The molecule has 2 aromatic rings. The van der Waals surface area contributed by atoms with Crippen LogP contribution in [0.4, 0.5) is 10.1 Å². The first-order valence-electron chi connectivity index (χ1n) is 7.24. The summed E-state index contributed by atoms with van der Waals surface area (Å²) < 4.78 is 18.3. The van der Waals surface area contributed by atoms with Gasteiger partial charge in [-0.1, -0.05) is 0 Å². The van der Waals surface area contributed by atoms with Gasteiger partial charge in [-0.3, -0.25) is 4.90 Å². The monoisotopic (exact) mass is 289 g/mol. The third-order valence-electron chi connectivity index (χ3n) is 3.98. The fraction of sp³-hybridized carbons (Fsp3) is 0.375. The van der Waals surface area contributed by atoms with Crippen molar-refractivity contribution < 1.29 is 8.81 Å². The summed E-state index contributed by atoms with van der Waals surface area (Å²) in [7, 11) is 0. The molecule has 0 aliphatic carbocycles. The van der Waals surface area contributed by atoms with Gasteiger partial charge in [-0.05, 0) is 30.3 Å². The second kappa shape index (κ2) is 6.28. The molecule has 1 fully saturated rings. The van der Waals surface area contributed by atoms with Crippen molar-refractivity contribution in [2.75, 3.05) is 31.1 Å². The lowest BCUT2D eigenvalue weighted by Crippen LogP contribution is -2.46. The average Bonchev–Trinajstić information content (AvgIpc) is 2.96. The predicted molar refractivity (Wildman–Crippen MR) is 80.5 cm³/mol. The second-order valence-electron chi connectivity index (χ2n) is 5.31. The number of benzene rings is 1. The van der Waals surface area contributed by atoms with E-state index < -0.39 is 0 Å². The summed E-state index contributed by atoms with van der Waals surface area (Å²) in [4.78, 5) is 4.68. The lowest BCUT2D eigenvalue weighted by molar-refractivity contribution is 0.248. The Balaban J connectivity index is 1.56. The normalized spacial score (nSPS) is 16.4. The highest BCUT2D eigenvalue weighted by Gasteiger charge is 2.18. The maximum Gasteiger partial charge on any atom is 0.123 e. The molecule has 1 aromatic heterocycles. The van der Waals surface area contributed by atoms with E-state index in [2.05, 4.69) is 9.80 Å². The number of piperazine rings is 1. The molecule has 0 amide bonds. The summed E-state index contributed by atoms with van der Waals surface area (Å²) in [6, 6.07) is 8.71. The van der Waals surface area contributed by atoms with Crippen LogP contribution in [-0.2, 0) is 13.1 Å². The molecule has 2 N–H and O–H groups in total. The van der Waals surface area contributed by atoms with Crippen LogP contribution in [0, 0.1) is 5.82 Å². The number of furan rings is 1. The van der Waals surface area contributed by atoms with Crippen molar-refractivity contribution in [1.82, 2.24) is 4.90 Å². The minimum atomic E-state index is -0.188. The molecule has 21 heavy (non-hydrogen) atoms. The number of rotatable bonds is 4. The van der Waals surface area contributed by atoms with Gasteiger partial charge in [0.25, 0.3) is 0 Å². The van der Waals surface area contributed by atoms with Crippen LogP contribution < -0.4 is 10.6 Å². The van der Waals surface area contributed by atoms with Gasteiger partial charge in [-0.25, -0.2) is 4.39 Å². The van der Waals surface area contributed by atoms with Crippen molar-refractivity contribution in [3.05, 3.63) is 53.7 Å². The predicted octanol–water partition coefficient (Wildman–Crippen LogP) is 2.20. The molecule has 0 atom stereocenters. The van der Waals surface area contributed by atoms with E-state index in [-0.39, 0.29) is 5.82 Å². The topological polar surface area (TPSA) is 45.6 Å². The molecule has 4 nitrogen and oxygen atoms in total. The van der Waals surface area contributed by atoms with Gasteiger partial charge < -0.3 is 15.1 Å². The molecule has 1 saturated heterocycles. The molecular weight excluding hydrogens is 269 g/mol. The second-order valence-corrected chi connectivity index (χ2v) is 5.31. The third kappa shape index (κ3) is 3.25. The summed E-state index contributed by atoms with van der Waals surface area (Å²) in [5.41, 5.74) is 7.92. The number of halogens is 1. The lowest BCUT2D eigenvalue weighted by atomic mass is 10.2. The molecule has 1 aliphatic rings. The molecule has 0 radical (unpaired) electrons. The zero-order valence-corrected chi connectivity index (χ0v) is 12.0. The Morgan fingerprint density at radius 3 is 2.43 bits per heavy atom. The van der Waals surface area contributed by atoms with Gasteiger partial charge in [-0.15, -0.1) is 0 Å². The molecule has 0 unspecified atom stereocenters. The Morgan fingerprint density at radius 1 is 1.05 bits per heavy atom. The minimum Gasteiger partial charge on any atom is -0.468 e. The summed E-state index contributed by atoms with van der Waals surface area (Å²) in [6.07, 6.45) is 1.70. The number of anilines is 1. The Bertz CT molecular complexity index is 573. The first-order chi connectivity index (χ1) is 10.3. The molecule has 112 valence electrons. The number of hydrogen-bond acceptors (Lipinski definition) is 4. The Morgan fingerprint density at radius 2 is 1.76 bits per heavy atom. The fourth-order valence-corrected chi connectivity index (χ4v) is 2.74. The van der Waals surface area contributed by atoms with Crippen molar-refractivity contribution in [1.29, 1.82) is 0 Å². The third-order valence-corrected chi connectivity index (χ3v) is 3.98. The van der Waals surface area contributed by atoms with Gasteiger partial charge in [0.2, 0.25) is 0 Å². The van der Waals surface area contributed by atoms with E-state index in [1.807, 2.05) is 18.2 Å². The van der Waals surface area contributed by atoms with E-state index in [9.17, 15) is 4.39 Å². The fourth-order valence-electron chi connectivity index (χ4n) is 2.74. The lowest BCUT2D eigenvalue weighted by Gasteiger charge is -2.36. The molecule has 3 rings (SSSR count). The van der Waals surface area contributed by atoms with E-state index in [1.165, 1.54) is 17.7 Å². The van der Waals surface area contributed by atoms with E-state index in [0.29, 0.717) is 6.54 Å². The molecule has 1 aromatic carbocycles. The standard InChI is InChI=1S/C16H20FN3O/c17-14-1-3-15(4-2-14)20-8-6-19(7-9-20)12-13-5-10-21-16(13)11-18/h1-5,10H,6-9,11-12,18H2. The van der Waals surface area contributed by atoms with Gasteiger partial charge in [0, 0.05) is 44.0 Å². The Kier molecular flexibility index (Phi) is 4.22. The first-order valence-corrected chi connectivity index (χ1v) is 7.24. The summed E-state index contributed by atoms with van der Waals surface area (Å²) in [5, 5.41) is 0. The van der Waals surface area contributed by atoms with Crippen LogP contribution in [0.15, 0.2) is 41.0 Å². The van der Waals surface area contributed by atoms with Crippen LogP contribution >= 0.6 is 0 Å². The van der Waals surface area contributed by atoms with Gasteiger partial charge in [0.1, 0.15) is 11.6 Å². The van der Waals surface area contributed by atoms with Gasteiger partial charge in [0.05, 0.1) is 12.8 Å². The van der Waals surface area contributed by atoms with E-state index in [1.54, 1.807) is 6.26 Å². The van der Waals surface area contributed by atoms with Crippen molar-refractivity contribution in [2.45, 2.75) is 13.1 Å². The zero-order valence-electron chi connectivity index (χ0n) is 12.0. The Labute approximate surface area is 123 Å². The number of nitrogens with two attached hydrogens (primary N) is 1. The molecule has 0 spiro atoms. The molecular formula is C16H20FN3O. The Hall–Kier alpha value is -1.85. The molecule has 1 aliphatic heterocycles. The number of hydrogen-bond donors (Lipinski definition) is 1. The first kappa shape index (κ1) is 14.1. The van der Waals surface area contributed by atoms with Crippen molar-refractivity contribution in [2.24, 2.45) is 5.73 Å². The van der Waals surface area contributed by atoms with Gasteiger partial charge in [0.15, 0.2) is 0 Å². The van der Waals surface area contributed by atoms with Gasteiger partial charge in [-0.2, -0.15) is 0 Å². The summed E-state index contributed by atoms with van der Waals surface area (Å²) >= 11 is 0. The largest absolute Gasteiger partial charge is 0.468 e. The van der Waals surface area contributed by atoms with Crippen LogP contribution in [0.2, 0.25) is 0 Å².